The first kappa shape index (κ1) is 20.1. The number of carboxylic acids is 1. The normalized spacial score (nSPS) is 10.6. The van der Waals surface area contributed by atoms with Gasteiger partial charge in [-0.1, -0.05) is 18.2 Å². The molecule has 28 heavy (non-hydrogen) atoms. The molecule has 2 rings (SSSR count). The van der Waals surface area contributed by atoms with Crippen molar-refractivity contribution < 1.29 is 24.4 Å². The molecule has 0 aliphatic heterocycles. The van der Waals surface area contributed by atoms with E-state index in [4.69, 9.17) is 9.84 Å². The van der Waals surface area contributed by atoms with Crippen molar-refractivity contribution in [2.24, 2.45) is 0 Å². The first-order valence-corrected chi connectivity index (χ1v) is 7.93. The Kier molecular flexibility index (Phi) is 6.44. The fourth-order valence-electron chi connectivity index (χ4n) is 2.24. The number of nitro groups is 1. The van der Waals surface area contributed by atoms with Gasteiger partial charge in [-0.3, -0.25) is 14.9 Å². The molecule has 0 aliphatic rings. The van der Waals surface area contributed by atoms with Gasteiger partial charge in [0.25, 0.3) is 11.6 Å². The van der Waals surface area contributed by atoms with Crippen molar-refractivity contribution >= 4 is 29.3 Å². The number of amides is 1. The lowest BCUT2D eigenvalue weighted by molar-refractivity contribution is -0.384. The van der Waals surface area contributed by atoms with Gasteiger partial charge in [-0.2, -0.15) is 5.26 Å². The highest BCUT2D eigenvalue weighted by atomic mass is 16.6. The van der Waals surface area contributed by atoms with E-state index in [1.54, 1.807) is 31.2 Å². The summed E-state index contributed by atoms with van der Waals surface area (Å²) in [5, 5.41) is 31.4. The number of benzene rings is 2. The average molecular weight is 381 g/mol. The molecule has 2 aromatic rings. The van der Waals surface area contributed by atoms with Crippen LogP contribution in [0.25, 0.3) is 6.08 Å². The van der Waals surface area contributed by atoms with E-state index in [0.717, 1.165) is 0 Å². The third-order valence-electron chi connectivity index (χ3n) is 3.49. The van der Waals surface area contributed by atoms with Gasteiger partial charge in [0.2, 0.25) is 0 Å². The summed E-state index contributed by atoms with van der Waals surface area (Å²) in [7, 11) is 0. The number of nitro benzene ring substituents is 1. The minimum absolute atomic E-state index is 0.0275. The van der Waals surface area contributed by atoms with Crippen LogP contribution >= 0.6 is 0 Å². The number of carboxylic acid groups (broad SMARTS) is 1. The van der Waals surface area contributed by atoms with Crippen LogP contribution in [0.3, 0.4) is 0 Å². The number of nitrogens with zero attached hydrogens (tertiary/aromatic N) is 2. The van der Waals surface area contributed by atoms with Crippen molar-refractivity contribution in [3.8, 4) is 11.8 Å². The van der Waals surface area contributed by atoms with E-state index < -0.39 is 23.4 Å². The van der Waals surface area contributed by atoms with E-state index in [2.05, 4.69) is 5.32 Å². The van der Waals surface area contributed by atoms with Gasteiger partial charge in [-0.25, -0.2) is 4.79 Å². The summed E-state index contributed by atoms with van der Waals surface area (Å²) in [6.07, 6.45) is 1.27. The lowest BCUT2D eigenvalue weighted by atomic mass is 10.1. The molecule has 2 N–H and O–H groups in total. The number of aliphatic carboxylic acids is 1. The highest BCUT2D eigenvalue weighted by molar-refractivity contribution is 6.10. The van der Waals surface area contributed by atoms with E-state index in [9.17, 15) is 25.0 Å². The smallest absolute Gasteiger partial charge is 0.341 e. The Morgan fingerprint density at radius 1 is 1.32 bits per heavy atom. The highest BCUT2D eigenvalue weighted by Crippen LogP contribution is 2.26. The number of nitriles is 1. The van der Waals surface area contributed by atoms with E-state index in [1.807, 2.05) is 0 Å². The maximum atomic E-state index is 12.4. The Bertz CT molecular complexity index is 1010. The van der Waals surface area contributed by atoms with Crippen LogP contribution in [-0.2, 0) is 9.59 Å². The molecule has 2 aromatic carbocycles. The first-order valence-electron chi connectivity index (χ1n) is 7.93. The van der Waals surface area contributed by atoms with Crippen molar-refractivity contribution in [2.75, 3.05) is 11.9 Å². The molecular weight excluding hydrogens is 366 g/mol. The number of hydrogen-bond acceptors (Lipinski definition) is 6. The number of nitrogens with one attached hydrogen (secondary N) is 1. The van der Waals surface area contributed by atoms with Gasteiger partial charge < -0.3 is 15.2 Å². The average Bonchev–Trinajstić information content (AvgIpc) is 2.66. The molecule has 0 aromatic heterocycles. The minimum atomic E-state index is -1.14. The van der Waals surface area contributed by atoms with Gasteiger partial charge >= 0.3 is 5.97 Å². The number of aryl methyl sites for hydroxylation is 1. The van der Waals surface area contributed by atoms with Gasteiger partial charge in [0, 0.05) is 6.07 Å². The fraction of sp³-hybridized carbons (Fsp3) is 0.105. The van der Waals surface area contributed by atoms with Crippen molar-refractivity contribution in [2.45, 2.75) is 6.92 Å². The number of rotatable bonds is 7. The molecule has 0 fully saturated rings. The molecule has 142 valence electrons. The third-order valence-corrected chi connectivity index (χ3v) is 3.49. The summed E-state index contributed by atoms with van der Waals surface area (Å²) >= 11 is 0. The largest absolute Gasteiger partial charge is 0.482 e. The standard InChI is InChI=1S/C19H15N3O6/c1-12-5-6-16(17(7-12)22(26)27)21-19(25)14(10-20)8-13-3-2-4-15(9-13)28-11-18(23)24/h2-9H,11H2,1H3,(H,21,25)(H,23,24)/b14-8+. The van der Waals surface area contributed by atoms with Gasteiger partial charge in [-0.05, 0) is 42.3 Å². The Morgan fingerprint density at radius 3 is 2.71 bits per heavy atom. The summed E-state index contributed by atoms with van der Waals surface area (Å²) in [6.45, 7) is 1.15. The molecule has 0 saturated heterocycles. The van der Waals surface area contributed by atoms with E-state index in [0.29, 0.717) is 11.1 Å². The Balaban J connectivity index is 2.25. The summed E-state index contributed by atoms with van der Waals surface area (Å²) in [6, 6.07) is 12.2. The van der Waals surface area contributed by atoms with Crippen LogP contribution < -0.4 is 10.1 Å². The number of hydrogen-bond donors (Lipinski definition) is 2. The monoisotopic (exact) mass is 381 g/mol. The Hall–Kier alpha value is -4.19. The van der Waals surface area contributed by atoms with E-state index >= 15 is 0 Å². The van der Waals surface area contributed by atoms with Gasteiger partial charge in [0.1, 0.15) is 23.1 Å². The Morgan fingerprint density at radius 2 is 2.07 bits per heavy atom. The summed E-state index contributed by atoms with van der Waals surface area (Å²) in [5.41, 5.74) is 0.479. The molecule has 0 spiro atoms. The van der Waals surface area contributed by atoms with Crippen molar-refractivity contribution in [1.29, 1.82) is 5.26 Å². The van der Waals surface area contributed by atoms with Gasteiger partial charge in [0.05, 0.1) is 4.92 Å². The molecule has 0 radical (unpaired) electrons. The number of ether oxygens (including phenoxy) is 1. The van der Waals surface area contributed by atoms with Crippen LogP contribution in [0.5, 0.6) is 5.75 Å². The molecule has 0 aliphatic carbocycles. The minimum Gasteiger partial charge on any atom is -0.482 e. The zero-order valence-electron chi connectivity index (χ0n) is 14.7. The van der Waals surface area contributed by atoms with Crippen LogP contribution in [0.15, 0.2) is 48.0 Å². The number of carbonyl (C=O) groups excluding carboxylic acids is 1. The maximum Gasteiger partial charge on any atom is 0.341 e. The van der Waals surface area contributed by atoms with Crippen LogP contribution in [0.4, 0.5) is 11.4 Å². The van der Waals surface area contributed by atoms with Crippen LogP contribution in [0.1, 0.15) is 11.1 Å². The van der Waals surface area contributed by atoms with Gasteiger partial charge in [0.15, 0.2) is 6.61 Å². The summed E-state index contributed by atoms with van der Waals surface area (Å²) in [4.78, 5) is 33.5. The summed E-state index contributed by atoms with van der Waals surface area (Å²) < 4.78 is 5.05. The molecule has 9 nitrogen and oxygen atoms in total. The topological polar surface area (TPSA) is 143 Å². The molecule has 0 atom stereocenters. The Labute approximate surface area is 159 Å². The highest BCUT2D eigenvalue weighted by Gasteiger charge is 2.18. The zero-order chi connectivity index (χ0) is 20.7. The van der Waals surface area contributed by atoms with Crippen molar-refractivity contribution in [3.63, 3.8) is 0 Å². The molecule has 1 amide bonds. The fourth-order valence-corrected chi connectivity index (χ4v) is 2.24. The number of carbonyl (C=O) groups is 2. The SMILES string of the molecule is Cc1ccc(NC(=O)/C(C#N)=C/c2cccc(OCC(=O)O)c2)c([N+](=O)[O-])c1. The second kappa shape index (κ2) is 8.95. The second-order valence-corrected chi connectivity index (χ2v) is 5.66. The van der Waals surface area contributed by atoms with Crippen LogP contribution in [-0.4, -0.2) is 28.5 Å². The van der Waals surface area contributed by atoms with E-state index in [1.165, 1.54) is 30.3 Å². The molecule has 0 saturated carbocycles. The molecule has 9 heteroatoms. The molecule has 0 unspecified atom stereocenters. The first-order chi connectivity index (χ1) is 13.3. The van der Waals surface area contributed by atoms with Crippen LogP contribution in [0.2, 0.25) is 0 Å². The second-order valence-electron chi connectivity index (χ2n) is 5.66. The van der Waals surface area contributed by atoms with Crippen LogP contribution in [0, 0.1) is 28.4 Å². The third kappa shape index (κ3) is 5.40. The molecule has 0 bridgehead atoms. The predicted molar refractivity (Wildman–Crippen MR) is 99.6 cm³/mol. The zero-order valence-corrected chi connectivity index (χ0v) is 14.7. The van der Waals surface area contributed by atoms with Gasteiger partial charge in [-0.15, -0.1) is 0 Å². The number of anilines is 1. The maximum absolute atomic E-state index is 12.4. The lowest BCUT2D eigenvalue weighted by Gasteiger charge is -2.07. The van der Waals surface area contributed by atoms with Crippen molar-refractivity contribution in [1.82, 2.24) is 0 Å². The predicted octanol–water partition coefficient (Wildman–Crippen LogP) is 2.91. The van der Waals surface area contributed by atoms with E-state index in [-0.39, 0.29) is 22.7 Å². The van der Waals surface area contributed by atoms with Crippen molar-refractivity contribution in [3.05, 3.63) is 69.3 Å². The molecule has 0 heterocycles. The quantitative estimate of drug-likeness (QED) is 0.325. The lowest BCUT2D eigenvalue weighted by Crippen LogP contribution is -2.14. The molecular formula is C19H15N3O6. The summed E-state index contributed by atoms with van der Waals surface area (Å²) in [5.74, 6) is -1.70.